The lowest BCUT2D eigenvalue weighted by atomic mass is 9.73. The van der Waals surface area contributed by atoms with Gasteiger partial charge in [-0.25, -0.2) is 9.37 Å². The third kappa shape index (κ3) is 4.07. The first-order valence-electron chi connectivity index (χ1n) is 9.05. The standard InChI is InChI=1S/C21H22F4N2O2/c1-12-5-4-6-15-18(12)27-17(26-15)10-20(29,21(23,24)25)11-19(2,3)14-9-13(22)7-8-16(14)28/h4-9,28-29H,10-11H2,1-3H3,(H,26,27). The summed E-state index contributed by atoms with van der Waals surface area (Å²) in [5.74, 6) is -1.03. The molecule has 0 radical (unpaired) electrons. The van der Waals surface area contributed by atoms with Gasteiger partial charge in [0.25, 0.3) is 0 Å². The molecular formula is C21H22F4N2O2. The Morgan fingerprint density at radius 1 is 1.10 bits per heavy atom. The number of halogens is 4. The van der Waals surface area contributed by atoms with Crippen LogP contribution in [0.2, 0.25) is 0 Å². The molecule has 3 aromatic rings. The molecule has 0 bridgehead atoms. The fourth-order valence-electron chi connectivity index (χ4n) is 3.73. The predicted octanol–water partition coefficient (Wildman–Crippen LogP) is 4.92. The third-order valence-corrected chi connectivity index (χ3v) is 5.17. The molecule has 0 aliphatic heterocycles. The number of aromatic nitrogens is 2. The SMILES string of the molecule is Cc1cccc2[nH]c(CC(O)(CC(C)(C)c3cc(F)ccc3O)C(F)(F)F)nc12. The first-order chi connectivity index (χ1) is 13.3. The molecule has 3 rings (SSSR count). The van der Waals surface area contributed by atoms with Gasteiger partial charge in [0.2, 0.25) is 0 Å². The van der Waals surface area contributed by atoms with E-state index < -0.39 is 35.9 Å². The van der Waals surface area contributed by atoms with E-state index in [4.69, 9.17) is 0 Å². The molecule has 29 heavy (non-hydrogen) atoms. The molecular weight excluding hydrogens is 388 g/mol. The number of aliphatic hydroxyl groups is 1. The summed E-state index contributed by atoms with van der Waals surface area (Å²) in [6.07, 6.45) is -6.57. The van der Waals surface area contributed by atoms with Crippen LogP contribution >= 0.6 is 0 Å². The second kappa shape index (κ2) is 7.02. The van der Waals surface area contributed by atoms with Gasteiger partial charge < -0.3 is 15.2 Å². The minimum atomic E-state index is -4.97. The molecule has 0 saturated heterocycles. The Morgan fingerprint density at radius 2 is 1.79 bits per heavy atom. The number of nitrogens with zero attached hydrogens (tertiary/aromatic N) is 1. The van der Waals surface area contributed by atoms with Crippen molar-refractivity contribution in [3.63, 3.8) is 0 Å². The van der Waals surface area contributed by atoms with E-state index in [1.165, 1.54) is 13.8 Å². The van der Waals surface area contributed by atoms with Gasteiger partial charge in [-0.15, -0.1) is 0 Å². The summed E-state index contributed by atoms with van der Waals surface area (Å²) in [7, 11) is 0. The fraction of sp³-hybridized carbons (Fsp3) is 0.381. The largest absolute Gasteiger partial charge is 0.508 e. The second-order valence-electron chi connectivity index (χ2n) is 8.08. The predicted molar refractivity (Wildman–Crippen MR) is 101 cm³/mol. The number of hydrogen-bond acceptors (Lipinski definition) is 3. The van der Waals surface area contributed by atoms with Crippen molar-refractivity contribution < 1.29 is 27.8 Å². The Balaban J connectivity index is 2.00. The summed E-state index contributed by atoms with van der Waals surface area (Å²) in [5.41, 5.74) is -2.62. The van der Waals surface area contributed by atoms with E-state index in [9.17, 15) is 27.8 Å². The van der Waals surface area contributed by atoms with Crippen LogP contribution < -0.4 is 0 Å². The Morgan fingerprint density at radius 3 is 2.41 bits per heavy atom. The van der Waals surface area contributed by atoms with Crippen LogP contribution in [0, 0.1) is 12.7 Å². The molecule has 1 aromatic heterocycles. The maximum atomic E-state index is 13.9. The average Bonchev–Trinajstić information content (AvgIpc) is 2.99. The van der Waals surface area contributed by atoms with Crippen LogP contribution in [-0.4, -0.2) is 32.0 Å². The molecule has 2 aromatic carbocycles. The number of para-hydroxylation sites is 1. The highest BCUT2D eigenvalue weighted by molar-refractivity contribution is 5.78. The number of H-pyrrole nitrogens is 1. The monoisotopic (exact) mass is 410 g/mol. The van der Waals surface area contributed by atoms with Gasteiger partial charge in [0, 0.05) is 12.0 Å². The zero-order chi connectivity index (χ0) is 21.6. The lowest BCUT2D eigenvalue weighted by Crippen LogP contribution is -2.51. The van der Waals surface area contributed by atoms with Crippen molar-refractivity contribution in [2.45, 2.75) is 50.8 Å². The third-order valence-electron chi connectivity index (χ3n) is 5.17. The molecule has 1 unspecified atom stereocenters. The highest BCUT2D eigenvalue weighted by atomic mass is 19.4. The maximum Gasteiger partial charge on any atom is 0.417 e. The van der Waals surface area contributed by atoms with Crippen LogP contribution in [-0.2, 0) is 11.8 Å². The van der Waals surface area contributed by atoms with E-state index in [-0.39, 0.29) is 17.1 Å². The molecule has 8 heteroatoms. The van der Waals surface area contributed by atoms with Gasteiger partial charge in [0.05, 0.1) is 11.0 Å². The lowest BCUT2D eigenvalue weighted by Gasteiger charge is -2.37. The van der Waals surface area contributed by atoms with Crippen LogP contribution in [0.5, 0.6) is 5.75 Å². The Bertz CT molecular complexity index is 1040. The van der Waals surface area contributed by atoms with E-state index in [0.29, 0.717) is 11.0 Å². The summed E-state index contributed by atoms with van der Waals surface area (Å²) in [6, 6.07) is 8.32. The van der Waals surface area contributed by atoms with Crippen molar-refractivity contribution in [1.82, 2.24) is 9.97 Å². The van der Waals surface area contributed by atoms with E-state index >= 15 is 0 Å². The number of phenols is 1. The van der Waals surface area contributed by atoms with Crippen LogP contribution in [0.15, 0.2) is 36.4 Å². The van der Waals surface area contributed by atoms with Crippen molar-refractivity contribution in [3.05, 3.63) is 59.2 Å². The smallest absolute Gasteiger partial charge is 0.417 e. The quantitative estimate of drug-likeness (QED) is 0.523. The highest BCUT2D eigenvalue weighted by Gasteiger charge is 2.56. The Labute approximate surface area is 165 Å². The van der Waals surface area contributed by atoms with Crippen molar-refractivity contribution >= 4 is 11.0 Å². The number of nitrogens with one attached hydrogen (secondary N) is 1. The van der Waals surface area contributed by atoms with Gasteiger partial charge in [-0.1, -0.05) is 26.0 Å². The normalized spacial score (nSPS) is 14.9. The summed E-state index contributed by atoms with van der Waals surface area (Å²) in [6.45, 7) is 4.63. The Hall–Kier alpha value is -2.61. The summed E-state index contributed by atoms with van der Waals surface area (Å²) in [4.78, 5) is 7.05. The fourth-order valence-corrected chi connectivity index (χ4v) is 3.73. The van der Waals surface area contributed by atoms with E-state index in [1.54, 1.807) is 25.1 Å². The second-order valence-corrected chi connectivity index (χ2v) is 8.08. The van der Waals surface area contributed by atoms with E-state index in [1.807, 2.05) is 0 Å². The van der Waals surface area contributed by atoms with Crippen molar-refractivity contribution in [2.75, 3.05) is 0 Å². The van der Waals surface area contributed by atoms with Crippen LogP contribution in [0.1, 0.15) is 37.2 Å². The van der Waals surface area contributed by atoms with Gasteiger partial charge in [-0.05, 0) is 48.6 Å². The molecule has 4 nitrogen and oxygen atoms in total. The molecule has 0 amide bonds. The number of rotatable bonds is 5. The number of fused-ring (bicyclic) bond motifs is 1. The van der Waals surface area contributed by atoms with Crippen LogP contribution in [0.4, 0.5) is 17.6 Å². The number of phenolic OH excluding ortho intramolecular Hbond substituents is 1. The van der Waals surface area contributed by atoms with E-state index in [2.05, 4.69) is 9.97 Å². The molecule has 3 N–H and O–H groups in total. The summed E-state index contributed by atoms with van der Waals surface area (Å²) in [5, 5.41) is 20.7. The van der Waals surface area contributed by atoms with Crippen molar-refractivity contribution in [2.24, 2.45) is 0 Å². The number of hydrogen-bond donors (Lipinski definition) is 3. The Kier molecular flexibility index (Phi) is 5.11. The summed E-state index contributed by atoms with van der Waals surface area (Å²) < 4.78 is 55.4. The van der Waals surface area contributed by atoms with Crippen LogP contribution in [0.3, 0.4) is 0 Å². The molecule has 0 fully saturated rings. The average molecular weight is 410 g/mol. The number of alkyl halides is 3. The van der Waals surface area contributed by atoms with E-state index in [0.717, 1.165) is 23.8 Å². The number of aromatic amines is 1. The zero-order valence-electron chi connectivity index (χ0n) is 16.2. The first kappa shape index (κ1) is 21.1. The minimum Gasteiger partial charge on any atom is -0.508 e. The number of aromatic hydroxyl groups is 1. The molecule has 0 saturated carbocycles. The maximum absolute atomic E-state index is 13.9. The first-order valence-corrected chi connectivity index (χ1v) is 9.05. The highest BCUT2D eigenvalue weighted by Crippen LogP contribution is 2.44. The number of aryl methyl sites for hydroxylation is 1. The molecule has 1 atom stereocenters. The van der Waals surface area contributed by atoms with Gasteiger partial charge >= 0.3 is 6.18 Å². The summed E-state index contributed by atoms with van der Waals surface area (Å²) >= 11 is 0. The molecule has 0 spiro atoms. The molecule has 0 aliphatic rings. The van der Waals surface area contributed by atoms with Crippen LogP contribution in [0.25, 0.3) is 11.0 Å². The van der Waals surface area contributed by atoms with Crippen molar-refractivity contribution in [1.29, 1.82) is 0 Å². The number of benzene rings is 2. The number of imidazole rings is 1. The van der Waals surface area contributed by atoms with Gasteiger partial charge in [-0.3, -0.25) is 0 Å². The lowest BCUT2D eigenvalue weighted by molar-refractivity contribution is -0.266. The van der Waals surface area contributed by atoms with Crippen molar-refractivity contribution in [3.8, 4) is 5.75 Å². The molecule has 156 valence electrons. The molecule has 1 heterocycles. The van der Waals surface area contributed by atoms with Gasteiger partial charge in [0.15, 0.2) is 5.60 Å². The zero-order valence-corrected chi connectivity index (χ0v) is 16.2. The van der Waals surface area contributed by atoms with Gasteiger partial charge in [0.1, 0.15) is 17.4 Å². The minimum absolute atomic E-state index is 0.00612. The molecule has 0 aliphatic carbocycles. The van der Waals surface area contributed by atoms with Gasteiger partial charge in [-0.2, -0.15) is 13.2 Å². The topological polar surface area (TPSA) is 69.1 Å².